The Morgan fingerprint density at radius 3 is 2.48 bits per heavy atom. The molecule has 148 valence electrons. The second-order valence-electron chi connectivity index (χ2n) is 6.46. The molecular weight excluding hydrogens is 481 g/mol. The Kier molecular flexibility index (Phi) is 7.18. The third-order valence-corrected chi connectivity index (χ3v) is 4.92. The van der Waals surface area contributed by atoms with Crippen LogP contribution in [0.4, 0.5) is 4.79 Å². The zero-order valence-corrected chi connectivity index (χ0v) is 18.0. The molecule has 0 aliphatic rings. The van der Waals surface area contributed by atoms with E-state index in [1.54, 1.807) is 18.5 Å². The Balaban J connectivity index is 1.70. The van der Waals surface area contributed by atoms with Gasteiger partial charge < -0.3 is 4.84 Å². The summed E-state index contributed by atoms with van der Waals surface area (Å²) in [5, 5.41) is 0. The Labute approximate surface area is 183 Å². The molecule has 0 bridgehead atoms. The average Bonchev–Trinajstić information content (AvgIpc) is 2.74. The summed E-state index contributed by atoms with van der Waals surface area (Å²) in [6.07, 6.45) is 2.72. The van der Waals surface area contributed by atoms with Crippen molar-refractivity contribution in [2.45, 2.75) is 20.0 Å². The minimum Gasteiger partial charge on any atom is -0.321 e. The number of amides is 2. The highest BCUT2D eigenvalue weighted by Crippen LogP contribution is 2.14. The molecule has 2 amide bonds. The number of carbonyl (C=O) groups is 2. The number of carbonyl (C=O) groups excluding carboxylic acids is 2. The number of pyridine rings is 1. The maximum Gasteiger partial charge on any atom is 0.434 e. The first kappa shape index (κ1) is 20.8. The summed E-state index contributed by atoms with van der Waals surface area (Å²) < 4.78 is 0.923. The van der Waals surface area contributed by atoms with Crippen molar-refractivity contribution in [2.24, 2.45) is 0 Å². The van der Waals surface area contributed by atoms with Gasteiger partial charge in [-0.15, -0.1) is 0 Å². The Morgan fingerprint density at radius 2 is 1.76 bits per heavy atom. The fraction of sp³-hybridized carbons (Fsp3) is 0.136. The number of halogens is 1. The number of benzene rings is 2. The summed E-state index contributed by atoms with van der Waals surface area (Å²) in [7, 11) is 0. The number of aryl methyl sites for hydroxylation is 1. The number of rotatable bonds is 5. The molecule has 0 aliphatic carbocycles. The smallest absolute Gasteiger partial charge is 0.321 e. The number of hydrogen-bond donors (Lipinski definition) is 1. The molecule has 29 heavy (non-hydrogen) atoms. The van der Waals surface area contributed by atoms with Gasteiger partial charge in [0, 0.05) is 28.1 Å². The van der Waals surface area contributed by atoms with E-state index in [9.17, 15) is 9.59 Å². The van der Waals surface area contributed by atoms with Crippen LogP contribution in [0.1, 0.15) is 27.0 Å². The van der Waals surface area contributed by atoms with E-state index in [0.29, 0.717) is 18.7 Å². The minimum absolute atomic E-state index is 0.305. The van der Waals surface area contributed by atoms with Crippen LogP contribution in [0.3, 0.4) is 0 Å². The monoisotopic (exact) mass is 501 g/mol. The van der Waals surface area contributed by atoms with Crippen molar-refractivity contribution in [3.63, 3.8) is 0 Å². The summed E-state index contributed by atoms with van der Waals surface area (Å²) in [6, 6.07) is 18.8. The van der Waals surface area contributed by atoms with Gasteiger partial charge in [0.25, 0.3) is 5.91 Å². The molecule has 1 N–H and O–H groups in total. The molecule has 0 atom stereocenters. The minimum atomic E-state index is -0.644. The zero-order valence-electron chi connectivity index (χ0n) is 15.8. The van der Waals surface area contributed by atoms with Crippen molar-refractivity contribution in [1.82, 2.24) is 15.4 Å². The number of hydrogen-bond acceptors (Lipinski definition) is 4. The fourth-order valence-electron chi connectivity index (χ4n) is 2.75. The van der Waals surface area contributed by atoms with Crippen molar-refractivity contribution in [3.8, 4) is 0 Å². The Morgan fingerprint density at radius 1 is 1.03 bits per heavy atom. The first-order valence-electron chi connectivity index (χ1n) is 8.98. The number of nitrogens with zero attached hydrogens (tertiary/aromatic N) is 2. The van der Waals surface area contributed by atoms with Crippen LogP contribution in [-0.2, 0) is 17.9 Å². The SMILES string of the molecule is Cc1ccc(I)cc1C(=O)NOC(=O)N(Cc1ccccc1)Cc1cccnc1. The standard InChI is InChI=1S/C22H20IN3O3/c1-16-9-10-19(23)12-20(16)21(27)25-29-22(28)26(14-17-6-3-2-4-7-17)15-18-8-5-11-24-13-18/h2-13H,14-15H2,1H3,(H,25,27). The predicted molar refractivity (Wildman–Crippen MR) is 118 cm³/mol. The van der Waals surface area contributed by atoms with E-state index in [-0.39, 0.29) is 0 Å². The third kappa shape index (κ3) is 6.02. The number of hydroxylamine groups is 1. The van der Waals surface area contributed by atoms with Crippen LogP contribution in [0.2, 0.25) is 0 Å². The van der Waals surface area contributed by atoms with E-state index in [0.717, 1.165) is 20.3 Å². The van der Waals surface area contributed by atoms with Crippen molar-refractivity contribution >= 4 is 34.6 Å². The van der Waals surface area contributed by atoms with Crippen LogP contribution in [0.5, 0.6) is 0 Å². The molecule has 0 aliphatic heterocycles. The van der Waals surface area contributed by atoms with Crippen LogP contribution in [0.25, 0.3) is 0 Å². The molecule has 0 unspecified atom stereocenters. The van der Waals surface area contributed by atoms with Gasteiger partial charge >= 0.3 is 6.09 Å². The molecule has 3 rings (SSSR count). The van der Waals surface area contributed by atoms with E-state index in [2.05, 4.69) is 33.1 Å². The van der Waals surface area contributed by atoms with Crippen molar-refractivity contribution in [1.29, 1.82) is 0 Å². The number of aromatic nitrogens is 1. The Hall–Kier alpha value is -2.94. The van der Waals surface area contributed by atoms with Crippen LogP contribution in [-0.4, -0.2) is 21.9 Å². The molecule has 0 radical (unpaired) electrons. The topological polar surface area (TPSA) is 71.5 Å². The van der Waals surface area contributed by atoms with Gasteiger partial charge in [-0.2, -0.15) is 5.48 Å². The second-order valence-corrected chi connectivity index (χ2v) is 7.71. The van der Waals surface area contributed by atoms with E-state index in [1.807, 2.05) is 61.5 Å². The lowest BCUT2D eigenvalue weighted by atomic mass is 10.1. The lowest BCUT2D eigenvalue weighted by Gasteiger charge is -2.22. The summed E-state index contributed by atoms with van der Waals surface area (Å²) in [5.41, 5.74) is 5.35. The molecule has 2 aromatic carbocycles. The van der Waals surface area contributed by atoms with Gasteiger partial charge in [0.15, 0.2) is 0 Å². The van der Waals surface area contributed by atoms with E-state index < -0.39 is 12.0 Å². The quantitative estimate of drug-likeness (QED) is 0.414. The van der Waals surface area contributed by atoms with E-state index in [1.165, 1.54) is 4.90 Å². The fourth-order valence-corrected chi connectivity index (χ4v) is 3.24. The maximum atomic E-state index is 12.7. The van der Waals surface area contributed by atoms with Gasteiger partial charge in [-0.3, -0.25) is 14.7 Å². The molecule has 1 aromatic heterocycles. The van der Waals surface area contributed by atoms with Gasteiger partial charge in [-0.1, -0.05) is 42.5 Å². The second kappa shape index (κ2) is 10.0. The van der Waals surface area contributed by atoms with Gasteiger partial charge in [0.05, 0.1) is 6.54 Å². The Bertz CT molecular complexity index is 940. The third-order valence-electron chi connectivity index (χ3n) is 4.25. The first-order valence-corrected chi connectivity index (χ1v) is 10.1. The van der Waals surface area contributed by atoms with Crippen molar-refractivity contribution < 1.29 is 14.4 Å². The molecule has 0 fully saturated rings. The van der Waals surface area contributed by atoms with E-state index >= 15 is 0 Å². The van der Waals surface area contributed by atoms with Gasteiger partial charge in [0.2, 0.25) is 0 Å². The van der Waals surface area contributed by atoms with Crippen molar-refractivity contribution in [2.75, 3.05) is 0 Å². The largest absolute Gasteiger partial charge is 0.434 e. The van der Waals surface area contributed by atoms with Crippen LogP contribution in [0, 0.1) is 10.5 Å². The van der Waals surface area contributed by atoms with Crippen LogP contribution in [0.15, 0.2) is 73.1 Å². The van der Waals surface area contributed by atoms with Gasteiger partial charge in [-0.25, -0.2) is 4.79 Å². The van der Waals surface area contributed by atoms with Crippen molar-refractivity contribution in [3.05, 3.63) is 98.9 Å². The van der Waals surface area contributed by atoms with Gasteiger partial charge in [0.1, 0.15) is 0 Å². The lowest BCUT2D eigenvalue weighted by molar-refractivity contribution is 0.0396. The zero-order chi connectivity index (χ0) is 20.6. The molecule has 6 nitrogen and oxygen atoms in total. The summed E-state index contributed by atoms with van der Waals surface area (Å²) in [6.45, 7) is 2.48. The van der Waals surface area contributed by atoms with Crippen LogP contribution < -0.4 is 5.48 Å². The molecule has 1 heterocycles. The molecule has 7 heteroatoms. The molecule has 0 saturated carbocycles. The normalized spacial score (nSPS) is 10.3. The van der Waals surface area contributed by atoms with Crippen LogP contribution >= 0.6 is 22.6 Å². The predicted octanol–water partition coefficient (Wildman–Crippen LogP) is 4.48. The highest BCUT2D eigenvalue weighted by atomic mass is 127. The summed E-state index contributed by atoms with van der Waals surface area (Å²) >= 11 is 2.13. The molecule has 3 aromatic rings. The van der Waals surface area contributed by atoms with Gasteiger partial charge in [-0.05, 0) is 64.4 Å². The lowest BCUT2D eigenvalue weighted by Crippen LogP contribution is -2.37. The van der Waals surface area contributed by atoms with E-state index in [4.69, 9.17) is 4.84 Å². The maximum absolute atomic E-state index is 12.7. The highest BCUT2D eigenvalue weighted by molar-refractivity contribution is 14.1. The molecule has 0 spiro atoms. The number of nitrogens with one attached hydrogen (secondary N) is 1. The summed E-state index contributed by atoms with van der Waals surface area (Å²) in [4.78, 5) is 35.9. The summed E-state index contributed by atoms with van der Waals surface area (Å²) in [5.74, 6) is -0.463. The molecular formula is C22H20IN3O3. The first-order chi connectivity index (χ1) is 14.0. The average molecular weight is 501 g/mol. The molecule has 0 saturated heterocycles. The highest BCUT2D eigenvalue weighted by Gasteiger charge is 2.19.